The molecule has 2 heterocycles. The number of nitrogens with one attached hydrogen (secondary N) is 1. The molecule has 0 atom stereocenters. The van der Waals surface area contributed by atoms with Gasteiger partial charge >= 0.3 is 0 Å². The third-order valence-corrected chi connectivity index (χ3v) is 5.46. The van der Waals surface area contributed by atoms with E-state index in [9.17, 15) is 0 Å². The molecule has 4 rings (SSSR count). The van der Waals surface area contributed by atoms with Gasteiger partial charge in [0.15, 0.2) is 5.82 Å². The molecule has 0 aliphatic rings. The Bertz CT molecular complexity index is 1180. The molecule has 2 aromatic heterocycles. The fraction of sp³-hybridized carbons (Fsp3) is 0.158. The minimum Gasteiger partial charge on any atom is -0.497 e. The molecule has 0 saturated heterocycles. The number of hydrogen-bond acceptors (Lipinski definition) is 8. The number of aromatic nitrogens is 5. The number of rotatable bonds is 7. The van der Waals surface area contributed by atoms with Gasteiger partial charge in [0.25, 0.3) is 0 Å². The molecule has 8 nitrogen and oxygen atoms in total. The molecule has 2 aromatic carbocycles. The molecule has 154 valence electrons. The summed E-state index contributed by atoms with van der Waals surface area (Å²) in [5.41, 5.74) is 1.40. The van der Waals surface area contributed by atoms with E-state index < -0.39 is 0 Å². The van der Waals surface area contributed by atoms with E-state index >= 15 is 0 Å². The first-order valence-corrected chi connectivity index (χ1v) is 10.4. The molecule has 1 N–H and O–H groups in total. The van der Waals surface area contributed by atoms with Crippen molar-refractivity contribution in [3.63, 3.8) is 0 Å². The van der Waals surface area contributed by atoms with Crippen molar-refractivity contribution in [2.24, 2.45) is 0 Å². The van der Waals surface area contributed by atoms with Crippen molar-refractivity contribution in [1.82, 2.24) is 25.4 Å². The van der Waals surface area contributed by atoms with Gasteiger partial charge in [0.1, 0.15) is 11.5 Å². The van der Waals surface area contributed by atoms with Crippen molar-refractivity contribution >= 4 is 35.0 Å². The van der Waals surface area contributed by atoms with Gasteiger partial charge in [0.2, 0.25) is 16.9 Å². The first kappa shape index (κ1) is 20.5. The minimum absolute atomic E-state index is 0.325. The van der Waals surface area contributed by atoms with Gasteiger partial charge in [0.05, 0.1) is 36.1 Å². The molecular formula is C19H15Cl2N5O3S. The fourth-order valence-corrected chi connectivity index (χ4v) is 3.76. The zero-order valence-corrected chi connectivity index (χ0v) is 18.2. The second-order valence-corrected chi connectivity index (χ2v) is 7.73. The summed E-state index contributed by atoms with van der Waals surface area (Å²) >= 11 is 13.5. The van der Waals surface area contributed by atoms with E-state index in [1.807, 2.05) is 12.1 Å². The van der Waals surface area contributed by atoms with E-state index in [1.54, 1.807) is 38.5 Å². The lowest BCUT2D eigenvalue weighted by Gasteiger charge is -2.07. The molecule has 0 spiro atoms. The second kappa shape index (κ2) is 8.95. The highest BCUT2D eigenvalue weighted by atomic mass is 35.5. The van der Waals surface area contributed by atoms with Crippen LogP contribution in [0.4, 0.5) is 0 Å². The minimum atomic E-state index is 0.325. The number of benzene rings is 2. The van der Waals surface area contributed by atoms with Crippen LogP contribution in [0.3, 0.4) is 0 Å². The van der Waals surface area contributed by atoms with Gasteiger partial charge in [-0.2, -0.15) is 0 Å². The Kier molecular flexibility index (Phi) is 6.12. The largest absolute Gasteiger partial charge is 0.497 e. The Morgan fingerprint density at radius 1 is 1.03 bits per heavy atom. The average molecular weight is 464 g/mol. The van der Waals surface area contributed by atoms with Crippen molar-refractivity contribution < 1.29 is 13.9 Å². The van der Waals surface area contributed by atoms with Gasteiger partial charge in [-0.3, -0.25) is 5.10 Å². The summed E-state index contributed by atoms with van der Waals surface area (Å²) in [6.07, 6.45) is 0. The Morgan fingerprint density at radius 2 is 1.87 bits per heavy atom. The predicted octanol–water partition coefficient (Wildman–Crippen LogP) is 5.14. The molecule has 30 heavy (non-hydrogen) atoms. The van der Waals surface area contributed by atoms with Gasteiger partial charge in [0, 0.05) is 11.1 Å². The number of halogens is 2. The maximum atomic E-state index is 6.19. The molecule has 0 saturated carbocycles. The number of thioether (sulfide) groups is 1. The van der Waals surface area contributed by atoms with Crippen LogP contribution in [0.25, 0.3) is 22.8 Å². The summed E-state index contributed by atoms with van der Waals surface area (Å²) in [6.45, 7) is 0. The van der Waals surface area contributed by atoms with E-state index in [1.165, 1.54) is 11.8 Å². The molecule has 0 aliphatic carbocycles. The maximum Gasteiger partial charge on any atom is 0.249 e. The van der Waals surface area contributed by atoms with Gasteiger partial charge in [-0.05, 0) is 30.3 Å². The average Bonchev–Trinajstić information content (AvgIpc) is 3.41. The van der Waals surface area contributed by atoms with Crippen LogP contribution >= 0.6 is 35.0 Å². The van der Waals surface area contributed by atoms with Gasteiger partial charge < -0.3 is 13.9 Å². The fourth-order valence-electron chi connectivity index (χ4n) is 2.64. The zero-order valence-electron chi connectivity index (χ0n) is 15.8. The molecular weight excluding hydrogens is 449 g/mol. The number of H-pyrrole nitrogens is 1. The number of methoxy groups -OCH3 is 2. The third kappa shape index (κ3) is 4.38. The normalized spacial score (nSPS) is 10.9. The van der Waals surface area contributed by atoms with Crippen molar-refractivity contribution in [2.45, 2.75) is 10.9 Å². The number of hydrogen-bond donors (Lipinski definition) is 1. The summed E-state index contributed by atoms with van der Waals surface area (Å²) in [5, 5.41) is 16.8. The quantitative estimate of drug-likeness (QED) is 0.376. The molecule has 11 heteroatoms. The Morgan fingerprint density at radius 3 is 2.63 bits per heavy atom. The molecule has 0 amide bonds. The zero-order chi connectivity index (χ0) is 21.1. The highest BCUT2D eigenvalue weighted by molar-refractivity contribution is 7.98. The van der Waals surface area contributed by atoms with E-state index in [-0.39, 0.29) is 0 Å². The number of aromatic amines is 1. The van der Waals surface area contributed by atoms with Crippen molar-refractivity contribution in [3.05, 3.63) is 52.3 Å². The van der Waals surface area contributed by atoms with E-state index in [0.29, 0.717) is 55.6 Å². The van der Waals surface area contributed by atoms with Crippen LogP contribution < -0.4 is 9.47 Å². The SMILES string of the molecule is COc1ccc(-c2nc(SCc3nnc(-c4ccc(Cl)cc4Cl)o3)n[nH]2)c(OC)c1. The molecule has 0 aliphatic heterocycles. The van der Waals surface area contributed by atoms with Crippen LogP contribution in [-0.4, -0.2) is 39.6 Å². The van der Waals surface area contributed by atoms with E-state index in [2.05, 4.69) is 25.4 Å². The van der Waals surface area contributed by atoms with Crippen molar-refractivity contribution in [2.75, 3.05) is 14.2 Å². The van der Waals surface area contributed by atoms with Gasteiger partial charge in [-0.15, -0.1) is 15.3 Å². The first-order chi connectivity index (χ1) is 14.6. The lowest BCUT2D eigenvalue weighted by atomic mass is 10.2. The molecule has 0 bridgehead atoms. The first-order valence-electron chi connectivity index (χ1n) is 8.63. The predicted molar refractivity (Wildman–Crippen MR) is 114 cm³/mol. The Balaban J connectivity index is 1.46. The molecule has 0 unspecified atom stereocenters. The molecule has 0 radical (unpaired) electrons. The molecule has 4 aromatic rings. The number of nitrogens with zero attached hydrogens (tertiary/aromatic N) is 4. The molecule has 0 fully saturated rings. The Hall–Kier alpha value is -2.75. The van der Waals surface area contributed by atoms with Crippen LogP contribution in [0.5, 0.6) is 11.5 Å². The highest BCUT2D eigenvalue weighted by Gasteiger charge is 2.15. The standard InChI is InChI=1S/C19H15Cl2N5O3S/c1-27-11-4-6-13(15(8-11)28-2)17-22-19(26-24-17)30-9-16-23-25-18(29-16)12-5-3-10(20)7-14(12)21/h3-8H,9H2,1-2H3,(H,22,24,26). The highest BCUT2D eigenvalue weighted by Crippen LogP contribution is 2.33. The number of ether oxygens (including phenoxy) is 2. The maximum absolute atomic E-state index is 6.19. The lowest BCUT2D eigenvalue weighted by Crippen LogP contribution is -1.91. The van der Waals surface area contributed by atoms with Crippen molar-refractivity contribution in [3.8, 4) is 34.3 Å². The summed E-state index contributed by atoms with van der Waals surface area (Å²) in [5.74, 6) is 3.05. The summed E-state index contributed by atoms with van der Waals surface area (Å²) in [7, 11) is 3.19. The monoisotopic (exact) mass is 463 g/mol. The third-order valence-electron chi connectivity index (χ3n) is 4.08. The van der Waals surface area contributed by atoms with Gasteiger partial charge in [-0.1, -0.05) is 35.0 Å². The smallest absolute Gasteiger partial charge is 0.249 e. The van der Waals surface area contributed by atoms with Crippen LogP contribution in [0.2, 0.25) is 10.0 Å². The summed E-state index contributed by atoms with van der Waals surface area (Å²) in [4.78, 5) is 4.50. The topological polar surface area (TPSA) is 99.0 Å². The van der Waals surface area contributed by atoms with Crippen molar-refractivity contribution in [1.29, 1.82) is 0 Å². The summed E-state index contributed by atoms with van der Waals surface area (Å²) in [6, 6.07) is 10.5. The van der Waals surface area contributed by atoms with Gasteiger partial charge in [-0.25, -0.2) is 4.98 Å². The van der Waals surface area contributed by atoms with E-state index in [0.717, 1.165) is 5.56 Å². The van der Waals surface area contributed by atoms with Crippen LogP contribution in [0.1, 0.15) is 5.89 Å². The van der Waals surface area contributed by atoms with Crippen LogP contribution in [0, 0.1) is 0 Å². The van der Waals surface area contributed by atoms with Crippen LogP contribution in [-0.2, 0) is 5.75 Å². The second-order valence-electron chi connectivity index (χ2n) is 5.95. The van der Waals surface area contributed by atoms with Crippen LogP contribution in [0.15, 0.2) is 46.0 Å². The summed E-state index contributed by atoms with van der Waals surface area (Å²) < 4.78 is 16.3. The lowest BCUT2D eigenvalue weighted by molar-refractivity contribution is 0.395. The van der Waals surface area contributed by atoms with E-state index in [4.69, 9.17) is 37.1 Å². The Labute approximate surface area is 185 Å².